The van der Waals surface area contributed by atoms with Crippen molar-refractivity contribution in [3.05, 3.63) is 46.3 Å². The van der Waals surface area contributed by atoms with Crippen LogP contribution in [0.2, 0.25) is 0 Å². The lowest BCUT2D eigenvalue weighted by Crippen LogP contribution is -2.40. The van der Waals surface area contributed by atoms with Crippen molar-refractivity contribution in [1.82, 2.24) is 15.5 Å². The van der Waals surface area contributed by atoms with Gasteiger partial charge in [-0.05, 0) is 73.9 Å². The highest BCUT2D eigenvalue weighted by Gasteiger charge is 2.32. The number of thiophene rings is 1. The molecule has 174 valence electrons. The molecule has 33 heavy (non-hydrogen) atoms. The first-order valence-corrected chi connectivity index (χ1v) is 12.4. The summed E-state index contributed by atoms with van der Waals surface area (Å²) in [5, 5.41) is 6.21. The summed E-state index contributed by atoms with van der Waals surface area (Å²) < 4.78 is 1.08. The number of aryl methyl sites for hydroxylation is 1. The number of amides is 3. The Morgan fingerprint density at radius 2 is 1.94 bits per heavy atom. The van der Waals surface area contributed by atoms with Crippen molar-refractivity contribution in [2.24, 2.45) is 5.92 Å². The van der Waals surface area contributed by atoms with Gasteiger partial charge in [-0.2, -0.15) is 0 Å². The Morgan fingerprint density at radius 1 is 1.18 bits per heavy atom. The first-order valence-electron chi connectivity index (χ1n) is 11.6. The molecule has 2 saturated heterocycles. The minimum atomic E-state index is -0.229. The molecule has 2 aliphatic rings. The molecule has 2 aliphatic heterocycles. The Kier molecular flexibility index (Phi) is 7.19. The van der Waals surface area contributed by atoms with Crippen molar-refractivity contribution >= 4 is 47.4 Å². The van der Waals surface area contributed by atoms with Gasteiger partial charge in [-0.15, -0.1) is 11.3 Å². The lowest BCUT2D eigenvalue weighted by atomic mass is 9.96. The third kappa shape index (κ3) is 5.30. The normalized spacial score (nSPS) is 19.2. The summed E-state index contributed by atoms with van der Waals surface area (Å²) in [6, 6.07) is 9.09. The zero-order valence-electron chi connectivity index (χ0n) is 19.5. The van der Waals surface area contributed by atoms with Crippen molar-refractivity contribution < 1.29 is 14.4 Å². The summed E-state index contributed by atoms with van der Waals surface area (Å²) in [6.45, 7) is 4.91. The Morgan fingerprint density at radius 3 is 2.58 bits per heavy atom. The summed E-state index contributed by atoms with van der Waals surface area (Å²) in [5.41, 5.74) is 2.32. The number of hydrogen-bond donors (Lipinski definition) is 2. The standard InChI is InChI=1S/C24H31BN4O3S/c1-15-11-18(3-4-19(15)24(32)28-9-7-16(8-10-28)13-26-2)29-14-17(12-22(29)30)27-23(31)20-5-6-21(25)33-20/h3-6,11,16-17,26H,7-10,12-14,25H2,1-2H3,(H,27,31). The fourth-order valence-electron chi connectivity index (χ4n) is 4.72. The van der Waals surface area contributed by atoms with Gasteiger partial charge in [0.15, 0.2) is 7.85 Å². The Hall–Kier alpha value is -2.65. The number of hydrogen-bond acceptors (Lipinski definition) is 5. The zero-order chi connectivity index (χ0) is 23.5. The highest BCUT2D eigenvalue weighted by atomic mass is 32.1. The second-order valence-corrected chi connectivity index (χ2v) is 10.4. The molecule has 9 heteroatoms. The summed E-state index contributed by atoms with van der Waals surface area (Å²) in [4.78, 5) is 42.5. The van der Waals surface area contributed by atoms with E-state index in [1.54, 1.807) is 4.90 Å². The molecule has 1 aromatic carbocycles. The number of rotatable bonds is 6. The number of nitrogens with zero attached hydrogens (tertiary/aromatic N) is 2. The third-order valence-electron chi connectivity index (χ3n) is 6.57. The number of carbonyl (C=O) groups is 3. The van der Waals surface area contributed by atoms with E-state index in [1.165, 1.54) is 11.3 Å². The number of benzene rings is 1. The molecular formula is C24H31BN4O3S. The quantitative estimate of drug-likeness (QED) is 0.621. The Balaban J connectivity index is 1.39. The first-order chi connectivity index (χ1) is 15.9. The average molecular weight is 466 g/mol. The van der Waals surface area contributed by atoms with Crippen molar-refractivity contribution in [3.8, 4) is 0 Å². The summed E-state index contributed by atoms with van der Waals surface area (Å²) in [7, 11) is 3.93. The predicted molar refractivity (Wildman–Crippen MR) is 134 cm³/mol. The van der Waals surface area contributed by atoms with Gasteiger partial charge < -0.3 is 20.4 Å². The molecule has 4 rings (SSSR count). The summed E-state index contributed by atoms with van der Waals surface area (Å²) in [5.74, 6) is 0.531. The minimum absolute atomic E-state index is 0.0206. The van der Waals surface area contributed by atoms with Gasteiger partial charge in [0.05, 0.1) is 10.9 Å². The zero-order valence-corrected chi connectivity index (χ0v) is 20.3. The van der Waals surface area contributed by atoms with Crippen molar-refractivity contribution in [2.45, 2.75) is 32.2 Å². The number of nitrogens with one attached hydrogen (secondary N) is 2. The summed E-state index contributed by atoms with van der Waals surface area (Å²) >= 11 is 1.45. The van der Waals surface area contributed by atoms with Crippen molar-refractivity contribution in [3.63, 3.8) is 0 Å². The minimum Gasteiger partial charge on any atom is -0.346 e. The van der Waals surface area contributed by atoms with E-state index in [0.29, 0.717) is 22.9 Å². The van der Waals surface area contributed by atoms with E-state index in [9.17, 15) is 14.4 Å². The Bertz CT molecular complexity index is 1050. The van der Waals surface area contributed by atoms with Gasteiger partial charge in [0, 0.05) is 37.3 Å². The van der Waals surface area contributed by atoms with E-state index in [1.807, 2.05) is 57.0 Å². The molecule has 0 saturated carbocycles. The molecule has 2 N–H and O–H groups in total. The van der Waals surface area contributed by atoms with Crippen LogP contribution in [-0.4, -0.2) is 69.7 Å². The second kappa shape index (κ2) is 10.1. The topological polar surface area (TPSA) is 81.8 Å². The fraction of sp³-hybridized carbons (Fsp3) is 0.458. The molecule has 2 fully saturated rings. The molecule has 2 aromatic rings. The van der Waals surface area contributed by atoms with Crippen LogP contribution in [0.4, 0.5) is 5.69 Å². The van der Waals surface area contributed by atoms with Crippen LogP contribution in [0.3, 0.4) is 0 Å². The molecule has 0 aliphatic carbocycles. The monoisotopic (exact) mass is 466 g/mol. The van der Waals surface area contributed by atoms with Crippen LogP contribution in [0.1, 0.15) is 44.9 Å². The van der Waals surface area contributed by atoms with Crippen molar-refractivity contribution in [1.29, 1.82) is 0 Å². The molecule has 3 heterocycles. The van der Waals surface area contributed by atoms with Crippen LogP contribution in [0.15, 0.2) is 30.3 Å². The van der Waals surface area contributed by atoms with E-state index in [0.717, 1.165) is 48.5 Å². The van der Waals surface area contributed by atoms with Gasteiger partial charge in [-0.25, -0.2) is 0 Å². The molecule has 1 atom stereocenters. The Labute approximate surface area is 199 Å². The SMILES string of the molecule is Bc1ccc(C(=O)NC2CC(=O)N(c3ccc(C(=O)N4CCC(CNC)CC4)c(C)c3)C2)s1. The van der Waals surface area contributed by atoms with Gasteiger partial charge in [0.25, 0.3) is 11.8 Å². The van der Waals surface area contributed by atoms with Gasteiger partial charge in [-0.1, -0.05) is 6.07 Å². The maximum absolute atomic E-state index is 13.1. The van der Waals surface area contributed by atoms with Crippen molar-refractivity contribution in [2.75, 3.05) is 38.1 Å². The van der Waals surface area contributed by atoms with Crippen LogP contribution in [-0.2, 0) is 4.79 Å². The molecule has 1 unspecified atom stereocenters. The van der Waals surface area contributed by atoms with Crippen LogP contribution >= 0.6 is 11.3 Å². The van der Waals surface area contributed by atoms with E-state index >= 15 is 0 Å². The highest BCUT2D eigenvalue weighted by molar-refractivity contribution is 7.21. The number of piperidine rings is 1. The predicted octanol–water partition coefficient (Wildman–Crippen LogP) is 0.922. The van der Waals surface area contributed by atoms with E-state index in [-0.39, 0.29) is 30.2 Å². The summed E-state index contributed by atoms with van der Waals surface area (Å²) in [6.07, 6.45) is 2.31. The second-order valence-electron chi connectivity index (χ2n) is 9.08. The molecule has 3 amide bonds. The number of anilines is 1. The molecule has 0 radical (unpaired) electrons. The lowest BCUT2D eigenvalue weighted by molar-refractivity contribution is -0.117. The van der Waals surface area contributed by atoms with Crippen LogP contribution in [0.5, 0.6) is 0 Å². The lowest BCUT2D eigenvalue weighted by Gasteiger charge is -2.32. The first kappa shape index (κ1) is 23.5. The third-order valence-corrected chi connectivity index (χ3v) is 7.57. The van der Waals surface area contributed by atoms with E-state index in [4.69, 9.17) is 0 Å². The van der Waals surface area contributed by atoms with Crippen LogP contribution < -0.4 is 20.3 Å². The molecule has 0 spiro atoms. The van der Waals surface area contributed by atoms with E-state index in [2.05, 4.69) is 10.6 Å². The maximum atomic E-state index is 13.1. The number of carbonyl (C=O) groups excluding carboxylic acids is 3. The molecule has 7 nitrogen and oxygen atoms in total. The van der Waals surface area contributed by atoms with Crippen LogP contribution in [0.25, 0.3) is 0 Å². The highest BCUT2D eigenvalue weighted by Crippen LogP contribution is 2.26. The average Bonchev–Trinajstić information content (AvgIpc) is 3.39. The smallest absolute Gasteiger partial charge is 0.261 e. The maximum Gasteiger partial charge on any atom is 0.261 e. The number of likely N-dealkylation sites (tertiary alicyclic amines) is 1. The van der Waals surface area contributed by atoms with E-state index < -0.39 is 0 Å². The molecule has 0 bridgehead atoms. The van der Waals surface area contributed by atoms with Gasteiger partial charge >= 0.3 is 0 Å². The largest absolute Gasteiger partial charge is 0.346 e. The molecule has 1 aromatic heterocycles. The van der Waals surface area contributed by atoms with Gasteiger partial charge in [0.2, 0.25) is 5.91 Å². The van der Waals surface area contributed by atoms with Gasteiger partial charge in [0.1, 0.15) is 0 Å². The fourth-order valence-corrected chi connectivity index (χ4v) is 5.49. The van der Waals surface area contributed by atoms with Crippen LogP contribution in [0, 0.1) is 12.8 Å². The van der Waals surface area contributed by atoms with Gasteiger partial charge in [-0.3, -0.25) is 14.4 Å². The molecular weight excluding hydrogens is 435 g/mol.